The maximum atomic E-state index is 13.5. The second-order valence-electron chi connectivity index (χ2n) is 4.73. The van der Waals surface area contributed by atoms with Crippen LogP contribution in [0, 0.1) is 11.2 Å². The van der Waals surface area contributed by atoms with Crippen molar-refractivity contribution in [1.82, 2.24) is 0 Å². The number of hydrogen-bond acceptors (Lipinski definition) is 2. The molecular weight excluding hydrogens is 239 g/mol. The summed E-state index contributed by atoms with van der Waals surface area (Å²) in [7, 11) is 0. The molecule has 0 aliphatic rings. The van der Waals surface area contributed by atoms with E-state index >= 15 is 0 Å². The second kappa shape index (κ2) is 4.79. The van der Waals surface area contributed by atoms with Gasteiger partial charge in [0.1, 0.15) is 10.8 Å². The lowest BCUT2D eigenvalue weighted by molar-refractivity contribution is -0.123. The fraction of sp³-hybridized carbons (Fsp3) is 0.333. The monoisotopic (exact) mass is 254 g/mol. The standard InChI is InChI=1S/C12H15FN2OS/c1-12(2,3)11(16)15-8-6-4-5-7(13)9(8)10(14)17/h4-6H,1-3H3,(H2,14,17)(H,15,16). The molecule has 0 fully saturated rings. The SMILES string of the molecule is CC(C)(C)C(=O)Nc1cccc(F)c1C(N)=S. The molecule has 0 bridgehead atoms. The summed E-state index contributed by atoms with van der Waals surface area (Å²) in [6.45, 7) is 5.30. The molecule has 0 aliphatic carbocycles. The third kappa shape index (κ3) is 3.23. The average molecular weight is 254 g/mol. The van der Waals surface area contributed by atoms with E-state index in [1.54, 1.807) is 26.8 Å². The van der Waals surface area contributed by atoms with E-state index in [1.165, 1.54) is 12.1 Å². The van der Waals surface area contributed by atoms with Gasteiger partial charge in [-0.2, -0.15) is 0 Å². The van der Waals surface area contributed by atoms with Crippen LogP contribution in [-0.2, 0) is 4.79 Å². The first-order chi connectivity index (χ1) is 7.73. The summed E-state index contributed by atoms with van der Waals surface area (Å²) < 4.78 is 13.5. The molecule has 0 atom stereocenters. The minimum atomic E-state index is -0.570. The summed E-state index contributed by atoms with van der Waals surface area (Å²) in [4.78, 5) is 11.7. The van der Waals surface area contributed by atoms with Crippen LogP contribution in [0.3, 0.4) is 0 Å². The van der Waals surface area contributed by atoms with Crippen molar-refractivity contribution in [2.24, 2.45) is 11.1 Å². The van der Waals surface area contributed by atoms with Gasteiger partial charge in [0.25, 0.3) is 0 Å². The number of nitrogens with two attached hydrogens (primary N) is 1. The highest BCUT2D eigenvalue weighted by atomic mass is 32.1. The molecule has 0 aromatic heterocycles. The van der Waals surface area contributed by atoms with Gasteiger partial charge in [0, 0.05) is 5.41 Å². The molecule has 1 rings (SSSR count). The van der Waals surface area contributed by atoms with Crippen LogP contribution in [0.4, 0.5) is 10.1 Å². The summed E-state index contributed by atoms with van der Waals surface area (Å²) in [5, 5.41) is 2.63. The van der Waals surface area contributed by atoms with E-state index in [9.17, 15) is 9.18 Å². The molecule has 92 valence electrons. The van der Waals surface area contributed by atoms with E-state index in [0.717, 1.165) is 0 Å². The van der Waals surface area contributed by atoms with Crippen LogP contribution in [0.5, 0.6) is 0 Å². The summed E-state index contributed by atoms with van der Waals surface area (Å²) in [6.07, 6.45) is 0. The van der Waals surface area contributed by atoms with Gasteiger partial charge in [-0.15, -0.1) is 0 Å². The zero-order valence-corrected chi connectivity index (χ0v) is 10.8. The zero-order valence-electron chi connectivity index (χ0n) is 10.0. The lowest BCUT2D eigenvalue weighted by atomic mass is 9.95. The number of halogens is 1. The minimum Gasteiger partial charge on any atom is -0.389 e. The van der Waals surface area contributed by atoms with E-state index < -0.39 is 11.2 Å². The number of thiocarbonyl (C=S) groups is 1. The third-order valence-corrected chi connectivity index (χ3v) is 2.39. The van der Waals surface area contributed by atoms with E-state index in [1.807, 2.05) is 0 Å². The fourth-order valence-electron chi connectivity index (χ4n) is 1.19. The topological polar surface area (TPSA) is 55.1 Å². The predicted molar refractivity (Wildman–Crippen MR) is 70.4 cm³/mol. The Morgan fingerprint density at radius 2 is 2.00 bits per heavy atom. The Bertz CT molecular complexity index is 466. The van der Waals surface area contributed by atoms with Crippen molar-refractivity contribution >= 4 is 28.8 Å². The molecule has 0 saturated heterocycles. The average Bonchev–Trinajstić information content (AvgIpc) is 2.15. The van der Waals surface area contributed by atoms with Crippen molar-refractivity contribution in [3.8, 4) is 0 Å². The Hall–Kier alpha value is -1.49. The van der Waals surface area contributed by atoms with E-state index in [4.69, 9.17) is 18.0 Å². The van der Waals surface area contributed by atoms with E-state index in [0.29, 0.717) is 5.69 Å². The van der Waals surface area contributed by atoms with Crippen molar-refractivity contribution in [2.45, 2.75) is 20.8 Å². The largest absolute Gasteiger partial charge is 0.389 e. The van der Waals surface area contributed by atoms with Crippen molar-refractivity contribution < 1.29 is 9.18 Å². The number of rotatable bonds is 2. The molecular formula is C12H15FN2OS. The molecule has 0 aliphatic heterocycles. The minimum absolute atomic E-state index is 0.0695. The smallest absolute Gasteiger partial charge is 0.229 e. The molecule has 3 N–H and O–H groups in total. The van der Waals surface area contributed by atoms with Crippen LogP contribution < -0.4 is 11.1 Å². The highest BCUT2D eigenvalue weighted by molar-refractivity contribution is 7.80. The molecule has 17 heavy (non-hydrogen) atoms. The van der Waals surface area contributed by atoms with Crippen molar-refractivity contribution in [3.63, 3.8) is 0 Å². The van der Waals surface area contributed by atoms with Gasteiger partial charge in [0.15, 0.2) is 0 Å². The summed E-state index contributed by atoms with van der Waals surface area (Å²) in [5.41, 5.74) is 5.24. The molecule has 0 heterocycles. The van der Waals surface area contributed by atoms with Gasteiger partial charge in [-0.25, -0.2) is 4.39 Å². The van der Waals surface area contributed by atoms with Gasteiger partial charge < -0.3 is 11.1 Å². The van der Waals surface area contributed by atoms with Gasteiger partial charge in [0.2, 0.25) is 5.91 Å². The molecule has 0 radical (unpaired) electrons. The molecule has 1 aromatic rings. The van der Waals surface area contributed by atoms with Gasteiger partial charge in [-0.05, 0) is 12.1 Å². The van der Waals surface area contributed by atoms with Crippen LogP contribution in [0.1, 0.15) is 26.3 Å². The van der Waals surface area contributed by atoms with Crippen LogP contribution in [0.15, 0.2) is 18.2 Å². The Morgan fingerprint density at radius 1 is 1.41 bits per heavy atom. The third-order valence-electron chi connectivity index (χ3n) is 2.19. The van der Waals surface area contributed by atoms with Gasteiger partial charge in [0.05, 0.1) is 11.3 Å². The predicted octanol–water partition coefficient (Wildman–Crippen LogP) is 2.44. The zero-order chi connectivity index (χ0) is 13.2. The number of anilines is 1. The Balaban J connectivity index is 3.12. The van der Waals surface area contributed by atoms with Crippen molar-refractivity contribution in [2.75, 3.05) is 5.32 Å². The molecule has 3 nitrogen and oxygen atoms in total. The van der Waals surface area contributed by atoms with Crippen LogP contribution >= 0.6 is 12.2 Å². The van der Waals surface area contributed by atoms with E-state index in [2.05, 4.69) is 5.32 Å². The number of benzene rings is 1. The van der Waals surface area contributed by atoms with Crippen LogP contribution in [0.25, 0.3) is 0 Å². The maximum absolute atomic E-state index is 13.5. The second-order valence-corrected chi connectivity index (χ2v) is 5.17. The number of carbonyl (C=O) groups excluding carboxylic acids is 1. The maximum Gasteiger partial charge on any atom is 0.229 e. The highest BCUT2D eigenvalue weighted by Gasteiger charge is 2.23. The number of amides is 1. The summed E-state index contributed by atoms with van der Waals surface area (Å²) in [5.74, 6) is -0.759. The first-order valence-corrected chi connectivity index (χ1v) is 5.54. The lowest BCUT2D eigenvalue weighted by Crippen LogP contribution is -2.29. The Morgan fingerprint density at radius 3 is 2.47 bits per heavy atom. The highest BCUT2D eigenvalue weighted by Crippen LogP contribution is 2.22. The fourth-order valence-corrected chi connectivity index (χ4v) is 1.40. The Labute approximate surface area is 105 Å². The van der Waals surface area contributed by atoms with Crippen molar-refractivity contribution in [3.05, 3.63) is 29.6 Å². The number of carbonyl (C=O) groups is 1. The summed E-state index contributed by atoms with van der Waals surface area (Å²) in [6, 6.07) is 4.32. The summed E-state index contributed by atoms with van der Waals surface area (Å²) >= 11 is 4.77. The first kappa shape index (κ1) is 13.6. The van der Waals surface area contributed by atoms with Gasteiger partial charge in [-0.3, -0.25) is 4.79 Å². The Kier molecular flexibility index (Phi) is 3.83. The molecule has 0 spiro atoms. The number of nitrogens with one attached hydrogen (secondary N) is 1. The van der Waals surface area contributed by atoms with Crippen LogP contribution in [0.2, 0.25) is 0 Å². The molecule has 5 heteroatoms. The van der Waals surface area contributed by atoms with E-state index in [-0.39, 0.29) is 16.5 Å². The lowest BCUT2D eigenvalue weighted by Gasteiger charge is -2.19. The van der Waals surface area contributed by atoms with Crippen molar-refractivity contribution in [1.29, 1.82) is 0 Å². The van der Waals surface area contributed by atoms with Crippen LogP contribution in [-0.4, -0.2) is 10.9 Å². The normalized spacial score (nSPS) is 11.1. The first-order valence-electron chi connectivity index (χ1n) is 5.13. The molecule has 0 saturated carbocycles. The van der Waals surface area contributed by atoms with Gasteiger partial charge in [-0.1, -0.05) is 39.1 Å². The molecule has 0 unspecified atom stereocenters. The quantitative estimate of drug-likeness (QED) is 0.797. The molecule has 1 amide bonds. The molecule has 1 aromatic carbocycles. The van der Waals surface area contributed by atoms with Gasteiger partial charge >= 0.3 is 0 Å². The number of hydrogen-bond donors (Lipinski definition) is 2.